The van der Waals surface area contributed by atoms with Gasteiger partial charge in [0.15, 0.2) is 0 Å². The fourth-order valence-electron chi connectivity index (χ4n) is 2.90. The molecule has 5 nitrogen and oxygen atoms in total. The molecular weight excluding hydrogens is 290 g/mol. The molecule has 1 aliphatic heterocycles. The minimum Gasteiger partial charge on any atom is -0.344 e. The molecule has 1 fully saturated rings. The molecule has 0 bridgehead atoms. The number of hydrogen-bond donors (Lipinski definition) is 1. The first-order valence-electron chi connectivity index (χ1n) is 8.29. The summed E-state index contributed by atoms with van der Waals surface area (Å²) in [6.07, 6.45) is 0. The molecule has 0 saturated carbocycles. The van der Waals surface area contributed by atoms with Crippen molar-refractivity contribution in [1.82, 2.24) is 15.1 Å². The monoisotopic (exact) mass is 317 g/mol. The third kappa shape index (κ3) is 5.06. The predicted octanol–water partition coefficient (Wildman–Crippen LogP) is 1.49. The maximum Gasteiger partial charge on any atom is 0.245 e. The number of hydrogen-bond acceptors (Lipinski definition) is 3. The van der Waals surface area contributed by atoms with Gasteiger partial charge in [0.05, 0.1) is 0 Å². The Morgan fingerprint density at radius 2 is 1.70 bits per heavy atom. The standard InChI is InChI=1S/C18H27N3O2/c1-14(2)17(19-15(3)22)18(23)21-11-9-20(10-12-21)13-16-7-5-4-6-8-16/h4-8,14,17H,9-13H2,1-3H3,(H,19,22)/t17-/m1/s1. The Bertz CT molecular complexity index is 522. The van der Waals surface area contributed by atoms with E-state index in [1.165, 1.54) is 12.5 Å². The first kappa shape index (κ1) is 17.5. The highest BCUT2D eigenvalue weighted by molar-refractivity contribution is 5.87. The van der Waals surface area contributed by atoms with Crippen molar-refractivity contribution in [2.24, 2.45) is 5.92 Å². The molecule has 0 aromatic heterocycles. The van der Waals surface area contributed by atoms with Crippen LogP contribution in [0.4, 0.5) is 0 Å². The molecule has 0 unspecified atom stereocenters. The second-order valence-electron chi connectivity index (χ2n) is 6.51. The van der Waals surface area contributed by atoms with Crippen LogP contribution in [0.2, 0.25) is 0 Å². The Kier molecular flexibility index (Phi) is 6.16. The van der Waals surface area contributed by atoms with Crippen LogP contribution in [0, 0.1) is 5.92 Å². The molecule has 0 spiro atoms. The molecule has 1 aromatic carbocycles. The second kappa shape index (κ2) is 8.11. The molecule has 2 amide bonds. The van der Waals surface area contributed by atoms with Gasteiger partial charge in [0, 0.05) is 39.6 Å². The molecule has 1 N–H and O–H groups in total. The lowest BCUT2D eigenvalue weighted by molar-refractivity contribution is -0.138. The van der Waals surface area contributed by atoms with Crippen LogP contribution in [0.5, 0.6) is 0 Å². The van der Waals surface area contributed by atoms with E-state index in [1.54, 1.807) is 0 Å². The van der Waals surface area contributed by atoms with Gasteiger partial charge in [-0.2, -0.15) is 0 Å². The van der Waals surface area contributed by atoms with Crippen LogP contribution in [0.15, 0.2) is 30.3 Å². The second-order valence-corrected chi connectivity index (χ2v) is 6.51. The van der Waals surface area contributed by atoms with Gasteiger partial charge in [-0.3, -0.25) is 14.5 Å². The number of nitrogens with zero attached hydrogens (tertiary/aromatic N) is 2. The summed E-state index contributed by atoms with van der Waals surface area (Å²) >= 11 is 0. The SMILES string of the molecule is CC(=O)N[C@@H](C(=O)N1CCN(Cc2ccccc2)CC1)C(C)C. The maximum absolute atomic E-state index is 12.6. The molecule has 1 aromatic rings. The van der Waals surface area contributed by atoms with Gasteiger partial charge in [-0.05, 0) is 11.5 Å². The lowest BCUT2D eigenvalue weighted by Crippen LogP contribution is -2.56. The number of carbonyl (C=O) groups is 2. The van der Waals surface area contributed by atoms with E-state index in [-0.39, 0.29) is 17.7 Å². The van der Waals surface area contributed by atoms with Crippen LogP contribution >= 0.6 is 0 Å². The fraction of sp³-hybridized carbons (Fsp3) is 0.556. The Morgan fingerprint density at radius 3 is 2.22 bits per heavy atom. The van der Waals surface area contributed by atoms with E-state index in [0.29, 0.717) is 13.1 Å². The summed E-state index contributed by atoms with van der Waals surface area (Å²) in [5, 5.41) is 2.78. The summed E-state index contributed by atoms with van der Waals surface area (Å²) in [5.74, 6) is -0.0249. The summed E-state index contributed by atoms with van der Waals surface area (Å²) in [6, 6.07) is 9.96. The molecule has 2 rings (SSSR count). The van der Waals surface area contributed by atoms with Gasteiger partial charge in [0.25, 0.3) is 0 Å². The zero-order valence-corrected chi connectivity index (χ0v) is 14.3. The summed E-state index contributed by atoms with van der Waals surface area (Å²) in [7, 11) is 0. The minimum absolute atomic E-state index is 0.0366. The van der Waals surface area contributed by atoms with E-state index in [9.17, 15) is 9.59 Å². The van der Waals surface area contributed by atoms with Crippen LogP contribution in [-0.4, -0.2) is 53.8 Å². The van der Waals surface area contributed by atoms with E-state index in [4.69, 9.17) is 0 Å². The largest absolute Gasteiger partial charge is 0.344 e. The Morgan fingerprint density at radius 1 is 1.09 bits per heavy atom. The van der Waals surface area contributed by atoms with E-state index >= 15 is 0 Å². The van der Waals surface area contributed by atoms with Crippen LogP contribution in [-0.2, 0) is 16.1 Å². The molecule has 1 aliphatic rings. The lowest BCUT2D eigenvalue weighted by Gasteiger charge is -2.37. The molecule has 5 heteroatoms. The molecular formula is C18H27N3O2. The smallest absolute Gasteiger partial charge is 0.245 e. The van der Waals surface area contributed by atoms with Gasteiger partial charge < -0.3 is 10.2 Å². The van der Waals surface area contributed by atoms with Crippen molar-refractivity contribution < 1.29 is 9.59 Å². The van der Waals surface area contributed by atoms with Crippen LogP contribution < -0.4 is 5.32 Å². The molecule has 0 radical (unpaired) electrons. The topological polar surface area (TPSA) is 52.7 Å². The van der Waals surface area contributed by atoms with Gasteiger partial charge >= 0.3 is 0 Å². The highest BCUT2D eigenvalue weighted by Crippen LogP contribution is 2.12. The Balaban J connectivity index is 1.87. The number of nitrogens with one attached hydrogen (secondary N) is 1. The number of amides is 2. The quantitative estimate of drug-likeness (QED) is 0.895. The van der Waals surface area contributed by atoms with E-state index < -0.39 is 6.04 Å². The molecule has 23 heavy (non-hydrogen) atoms. The normalized spacial score (nSPS) is 17.1. The van der Waals surface area contributed by atoms with Crippen LogP contribution in [0.25, 0.3) is 0 Å². The van der Waals surface area contributed by atoms with Gasteiger partial charge in [-0.25, -0.2) is 0 Å². The van der Waals surface area contributed by atoms with Crippen molar-refractivity contribution in [3.8, 4) is 0 Å². The summed E-state index contributed by atoms with van der Waals surface area (Å²) in [5.41, 5.74) is 1.30. The molecule has 0 aliphatic carbocycles. The molecule has 1 atom stereocenters. The van der Waals surface area contributed by atoms with E-state index in [2.05, 4.69) is 34.5 Å². The van der Waals surface area contributed by atoms with Crippen LogP contribution in [0.1, 0.15) is 26.3 Å². The Labute approximate surface area is 138 Å². The molecule has 1 heterocycles. The summed E-state index contributed by atoms with van der Waals surface area (Å²) in [4.78, 5) is 28.2. The zero-order valence-electron chi connectivity index (χ0n) is 14.3. The van der Waals surface area contributed by atoms with Gasteiger partial charge in [0.1, 0.15) is 6.04 Å². The third-order valence-electron chi connectivity index (χ3n) is 4.22. The van der Waals surface area contributed by atoms with Gasteiger partial charge in [-0.1, -0.05) is 44.2 Å². The number of rotatable bonds is 5. The highest BCUT2D eigenvalue weighted by atomic mass is 16.2. The fourth-order valence-corrected chi connectivity index (χ4v) is 2.90. The van der Waals surface area contributed by atoms with E-state index in [0.717, 1.165) is 19.6 Å². The lowest BCUT2D eigenvalue weighted by atomic mass is 10.0. The number of carbonyl (C=O) groups excluding carboxylic acids is 2. The average Bonchev–Trinajstić information content (AvgIpc) is 2.53. The zero-order chi connectivity index (χ0) is 16.8. The summed E-state index contributed by atoms with van der Waals surface area (Å²) in [6.45, 7) is 9.47. The Hall–Kier alpha value is -1.88. The third-order valence-corrected chi connectivity index (χ3v) is 4.22. The maximum atomic E-state index is 12.6. The van der Waals surface area contributed by atoms with Crippen molar-refractivity contribution in [2.75, 3.05) is 26.2 Å². The van der Waals surface area contributed by atoms with Crippen molar-refractivity contribution in [1.29, 1.82) is 0 Å². The number of piperazine rings is 1. The van der Waals surface area contributed by atoms with Gasteiger partial charge in [0.2, 0.25) is 11.8 Å². The van der Waals surface area contributed by atoms with Crippen molar-refractivity contribution >= 4 is 11.8 Å². The van der Waals surface area contributed by atoms with Gasteiger partial charge in [-0.15, -0.1) is 0 Å². The van der Waals surface area contributed by atoms with E-state index in [1.807, 2.05) is 24.8 Å². The van der Waals surface area contributed by atoms with Crippen LogP contribution in [0.3, 0.4) is 0 Å². The predicted molar refractivity (Wildman–Crippen MR) is 90.7 cm³/mol. The highest BCUT2D eigenvalue weighted by Gasteiger charge is 2.29. The summed E-state index contributed by atoms with van der Waals surface area (Å²) < 4.78 is 0. The van der Waals surface area contributed by atoms with Crippen molar-refractivity contribution in [3.05, 3.63) is 35.9 Å². The average molecular weight is 317 g/mol. The number of benzene rings is 1. The van der Waals surface area contributed by atoms with Crippen molar-refractivity contribution in [3.63, 3.8) is 0 Å². The van der Waals surface area contributed by atoms with Crippen molar-refractivity contribution in [2.45, 2.75) is 33.4 Å². The minimum atomic E-state index is -0.423. The first-order valence-corrected chi connectivity index (χ1v) is 8.29. The molecule has 126 valence electrons. The molecule has 1 saturated heterocycles. The first-order chi connectivity index (χ1) is 11.0.